The third kappa shape index (κ3) is 4.12. The average Bonchev–Trinajstić information content (AvgIpc) is 3.17. The summed E-state index contributed by atoms with van der Waals surface area (Å²) in [5.41, 5.74) is 4.25. The molecule has 0 aliphatic carbocycles. The van der Waals surface area contributed by atoms with Crippen molar-refractivity contribution in [1.82, 2.24) is 14.9 Å². The zero-order chi connectivity index (χ0) is 24.7. The molecule has 0 saturated heterocycles. The Labute approximate surface area is 201 Å². The molecule has 2 aliphatic rings. The van der Waals surface area contributed by atoms with Crippen molar-refractivity contribution in [2.24, 2.45) is 4.99 Å². The maximum Gasteiger partial charge on any atom is 0.257 e. The van der Waals surface area contributed by atoms with Crippen LogP contribution in [-0.4, -0.2) is 38.7 Å². The third-order valence-corrected chi connectivity index (χ3v) is 6.18. The van der Waals surface area contributed by atoms with Crippen molar-refractivity contribution in [3.63, 3.8) is 0 Å². The molecule has 0 fully saturated rings. The second-order valence-electron chi connectivity index (χ2n) is 8.61. The number of aromatic nitrogens is 2. The number of carbonyl (C=O) groups is 1. The molecule has 4 heterocycles. The van der Waals surface area contributed by atoms with Crippen LogP contribution in [0.1, 0.15) is 39.8 Å². The fourth-order valence-corrected chi connectivity index (χ4v) is 4.50. The number of rotatable bonds is 4. The first kappa shape index (κ1) is 22.6. The molecule has 0 radical (unpaired) electrons. The minimum Gasteiger partial charge on any atom is -0.323 e. The maximum absolute atomic E-state index is 14.6. The van der Waals surface area contributed by atoms with Gasteiger partial charge in [0.2, 0.25) is 0 Å². The van der Waals surface area contributed by atoms with Crippen molar-refractivity contribution in [3.8, 4) is 0 Å². The highest BCUT2D eigenvalue weighted by Crippen LogP contribution is 2.36. The number of benzene rings is 1. The van der Waals surface area contributed by atoms with Crippen molar-refractivity contribution in [2.75, 3.05) is 5.32 Å². The number of amides is 1. The molecule has 2 aromatic heterocycles. The summed E-state index contributed by atoms with van der Waals surface area (Å²) in [5, 5.41) is 2.90. The molecule has 2 atom stereocenters. The standard InChI is InChI=1S/C27H23F2N5O/c1-15-12-19(9-10-30-15)33-27(35)22-13-18(14-31-16(22)2)20-7-5-11-34-25(20)17(3)32-26(34)21-6-4-8-23(28)24(21)29/h4-14,17,25H,1-3H3,(H,30,33,35). The zero-order valence-corrected chi connectivity index (χ0v) is 19.5. The molecular weight excluding hydrogens is 448 g/mol. The monoisotopic (exact) mass is 471 g/mol. The second-order valence-corrected chi connectivity index (χ2v) is 8.61. The lowest BCUT2D eigenvalue weighted by Crippen LogP contribution is -2.38. The number of nitrogens with zero attached hydrogens (tertiary/aromatic N) is 4. The Morgan fingerprint density at radius 1 is 1.11 bits per heavy atom. The number of fused-ring (bicyclic) bond motifs is 1. The van der Waals surface area contributed by atoms with Gasteiger partial charge in [-0.05, 0) is 68.3 Å². The summed E-state index contributed by atoms with van der Waals surface area (Å²) in [6, 6.07) is 8.93. The van der Waals surface area contributed by atoms with E-state index in [9.17, 15) is 13.6 Å². The van der Waals surface area contributed by atoms with Crippen LogP contribution in [0.15, 0.2) is 72.1 Å². The lowest BCUT2D eigenvalue weighted by molar-refractivity contribution is 0.102. The summed E-state index contributed by atoms with van der Waals surface area (Å²) in [5.74, 6) is -1.75. The number of nitrogens with one attached hydrogen (secondary N) is 1. The molecule has 0 spiro atoms. The molecule has 35 heavy (non-hydrogen) atoms. The van der Waals surface area contributed by atoms with E-state index in [1.807, 2.05) is 43.2 Å². The van der Waals surface area contributed by atoms with Crippen LogP contribution >= 0.6 is 0 Å². The Balaban J connectivity index is 1.46. The number of aryl methyl sites for hydroxylation is 2. The summed E-state index contributed by atoms with van der Waals surface area (Å²) >= 11 is 0. The van der Waals surface area contributed by atoms with Crippen LogP contribution in [0, 0.1) is 25.5 Å². The van der Waals surface area contributed by atoms with Crippen LogP contribution in [0.5, 0.6) is 0 Å². The molecule has 176 valence electrons. The molecular formula is C27H23F2N5O. The van der Waals surface area contributed by atoms with Crippen molar-refractivity contribution >= 4 is 23.0 Å². The van der Waals surface area contributed by atoms with E-state index in [0.29, 0.717) is 22.8 Å². The number of allylic oxidation sites excluding steroid dienone is 2. The zero-order valence-electron chi connectivity index (χ0n) is 19.5. The first-order valence-electron chi connectivity index (χ1n) is 11.2. The van der Waals surface area contributed by atoms with Gasteiger partial charge in [-0.1, -0.05) is 12.1 Å². The number of amidine groups is 1. The van der Waals surface area contributed by atoms with Gasteiger partial charge in [-0.3, -0.25) is 19.8 Å². The topological polar surface area (TPSA) is 70.5 Å². The molecule has 8 heteroatoms. The molecule has 1 N–H and O–H groups in total. The smallest absolute Gasteiger partial charge is 0.257 e. The molecule has 2 unspecified atom stereocenters. The lowest BCUT2D eigenvalue weighted by Gasteiger charge is -2.31. The predicted octanol–water partition coefficient (Wildman–Crippen LogP) is 5.05. The number of carbonyl (C=O) groups excluding carboxylic acids is 1. The molecule has 3 aromatic rings. The number of aliphatic imine (C=N–C) groups is 1. The Kier molecular flexibility index (Phi) is 5.72. The van der Waals surface area contributed by atoms with Gasteiger partial charge in [0.25, 0.3) is 5.91 Å². The van der Waals surface area contributed by atoms with E-state index in [1.165, 1.54) is 12.1 Å². The SMILES string of the molecule is Cc1cc(NC(=O)c2cc(C3=CC=CN4C(c5cccc(F)c5F)=NC(C)C34)cnc2C)ccn1. The van der Waals surface area contributed by atoms with Gasteiger partial charge >= 0.3 is 0 Å². The van der Waals surface area contributed by atoms with Gasteiger partial charge in [-0.15, -0.1) is 0 Å². The van der Waals surface area contributed by atoms with Crippen LogP contribution in [0.4, 0.5) is 14.5 Å². The quantitative estimate of drug-likeness (QED) is 0.578. The minimum atomic E-state index is -0.925. The number of hydrogen-bond acceptors (Lipinski definition) is 5. The molecule has 0 bridgehead atoms. The fourth-order valence-electron chi connectivity index (χ4n) is 4.50. The third-order valence-electron chi connectivity index (χ3n) is 6.18. The van der Waals surface area contributed by atoms with E-state index in [2.05, 4.69) is 20.3 Å². The van der Waals surface area contributed by atoms with Crippen molar-refractivity contribution in [3.05, 3.63) is 107 Å². The van der Waals surface area contributed by atoms with Crippen LogP contribution in [-0.2, 0) is 0 Å². The van der Waals surface area contributed by atoms with Gasteiger partial charge in [0, 0.05) is 30.0 Å². The Bertz CT molecular complexity index is 1430. The van der Waals surface area contributed by atoms with Crippen LogP contribution in [0.3, 0.4) is 0 Å². The molecule has 1 aromatic carbocycles. The summed E-state index contributed by atoms with van der Waals surface area (Å²) in [4.78, 5) is 28.2. The van der Waals surface area contributed by atoms with E-state index in [1.54, 1.807) is 31.5 Å². The first-order valence-corrected chi connectivity index (χ1v) is 11.2. The Morgan fingerprint density at radius 3 is 2.74 bits per heavy atom. The van der Waals surface area contributed by atoms with Gasteiger partial charge in [0.05, 0.1) is 28.9 Å². The van der Waals surface area contributed by atoms with E-state index in [4.69, 9.17) is 0 Å². The maximum atomic E-state index is 14.6. The average molecular weight is 472 g/mol. The number of anilines is 1. The van der Waals surface area contributed by atoms with Gasteiger partial charge in [-0.2, -0.15) is 0 Å². The molecule has 5 rings (SSSR count). The fraction of sp³-hybridized carbons (Fsp3) is 0.185. The molecule has 0 saturated carbocycles. The van der Waals surface area contributed by atoms with Crippen molar-refractivity contribution in [1.29, 1.82) is 0 Å². The van der Waals surface area contributed by atoms with Gasteiger partial charge in [0.15, 0.2) is 11.6 Å². The van der Waals surface area contributed by atoms with E-state index in [-0.39, 0.29) is 23.6 Å². The lowest BCUT2D eigenvalue weighted by atomic mass is 9.91. The summed E-state index contributed by atoms with van der Waals surface area (Å²) in [6.45, 7) is 5.56. The molecule has 1 amide bonds. The van der Waals surface area contributed by atoms with Crippen molar-refractivity contribution < 1.29 is 13.6 Å². The normalized spacial score (nSPS) is 18.7. The molecule has 2 aliphatic heterocycles. The van der Waals surface area contributed by atoms with Gasteiger partial charge < -0.3 is 10.2 Å². The number of hydrogen-bond donors (Lipinski definition) is 1. The number of halogens is 2. The first-order chi connectivity index (χ1) is 16.8. The van der Waals surface area contributed by atoms with Crippen LogP contribution in [0.2, 0.25) is 0 Å². The molecule has 6 nitrogen and oxygen atoms in total. The van der Waals surface area contributed by atoms with E-state index in [0.717, 1.165) is 22.9 Å². The largest absolute Gasteiger partial charge is 0.323 e. The summed E-state index contributed by atoms with van der Waals surface area (Å²) < 4.78 is 28.5. The van der Waals surface area contributed by atoms with Crippen LogP contribution < -0.4 is 5.32 Å². The number of pyridine rings is 2. The highest BCUT2D eigenvalue weighted by atomic mass is 19.2. The van der Waals surface area contributed by atoms with Crippen LogP contribution in [0.25, 0.3) is 5.57 Å². The Morgan fingerprint density at radius 2 is 1.94 bits per heavy atom. The van der Waals surface area contributed by atoms with Gasteiger partial charge in [0.1, 0.15) is 5.84 Å². The summed E-state index contributed by atoms with van der Waals surface area (Å²) in [7, 11) is 0. The highest BCUT2D eigenvalue weighted by Gasteiger charge is 2.38. The van der Waals surface area contributed by atoms with Crippen molar-refractivity contribution in [2.45, 2.75) is 32.9 Å². The predicted molar refractivity (Wildman–Crippen MR) is 131 cm³/mol. The van der Waals surface area contributed by atoms with E-state index >= 15 is 0 Å². The Hall–Kier alpha value is -4.20. The minimum absolute atomic E-state index is 0.111. The summed E-state index contributed by atoms with van der Waals surface area (Å²) in [6.07, 6.45) is 8.94. The van der Waals surface area contributed by atoms with E-state index < -0.39 is 11.6 Å². The highest BCUT2D eigenvalue weighted by molar-refractivity contribution is 6.06. The second kappa shape index (κ2) is 8.87. The van der Waals surface area contributed by atoms with Gasteiger partial charge in [-0.25, -0.2) is 8.78 Å².